The lowest BCUT2D eigenvalue weighted by Gasteiger charge is -2.34. The van der Waals surface area contributed by atoms with Gasteiger partial charge in [-0.15, -0.1) is 12.4 Å². The number of non-ortho nitro benzene ring substituents is 1. The Kier molecular flexibility index (Phi) is 11.0. The summed E-state index contributed by atoms with van der Waals surface area (Å²) in [5.74, 6) is -3.23. The first-order chi connectivity index (χ1) is 27.5. The number of amides is 6. The molecule has 0 bridgehead atoms. The summed E-state index contributed by atoms with van der Waals surface area (Å²) in [6.45, 7) is 5.84. The predicted octanol–water partition coefficient (Wildman–Crippen LogP) is 4.52. The van der Waals surface area contributed by atoms with Crippen molar-refractivity contribution in [3.05, 3.63) is 128 Å². The van der Waals surface area contributed by atoms with Crippen molar-refractivity contribution >= 4 is 80.8 Å². The number of hydrogen-bond acceptors (Lipinski definition) is 10. The lowest BCUT2D eigenvalue weighted by molar-refractivity contribution is -0.384. The highest BCUT2D eigenvalue weighted by Gasteiger charge is 2.37. The van der Waals surface area contributed by atoms with Crippen LogP contribution in [-0.2, 0) is 0 Å². The lowest BCUT2D eigenvalue weighted by Crippen LogP contribution is -2.48. The number of anilines is 1. The summed E-state index contributed by atoms with van der Waals surface area (Å²) in [7, 11) is 0. The van der Waals surface area contributed by atoms with E-state index >= 15 is 0 Å². The summed E-state index contributed by atoms with van der Waals surface area (Å²) in [4.78, 5) is 99.3. The molecule has 0 aromatic heterocycles. The minimum atomic E-state index is -0.824. The molecule has 0 saturated carbocycles. The number of benzene rings is 5. The van der Waals surface area contributed by atoms with E-state index in [4.69, 9.17) is 0 Å². The van der Waals surface area contributed by atoms with Crippen molar-refractivity contribution in [3.8, 4) is 0 Å². The Labute approximate surface area is 338 Å². The van der Waals surface area contributed by atoms with Crippen molar-refractivity contribution < 1.29 is 33.7 Å². The molecule has 1 saturated heterocycles. The average molecular weight is 804 g/mol. The number of nitro benzene ring substituents is 1. The van der Waals surface area contributed by atoms with Crippen LogP contribution in [0.5, 0.6) is 0 Å². The zero-order valence-electron chi connectivity index (χ0n) is 31.4. The third kappa shape index (κ3) is 7.04. The highest BCUT2D eigenvalue weighted by molar-refractivity contribution is 6.36. The molecule has 0 spiro atoms. The molecule has 0 radical (unpaired) electrons. The van der Waals surface area contributed by atoms with Crippen LogP contribution in [0.4, 0.5) is 11.4 Å². The van der Waals surface area contributed by atoms with E-state index in [9.17, 15) is 38.9 Å². The van der Waals surface area contributed by atoms with Crippen molar-refractivity contribution in [1.29, 1.82) is 0 Å². The largest absolute Gasteiger partial charge is 0.351 e. The molecule has 296 valence electrons. The molecule has 3 aliphatic rings. The molecule has 15 nitrogen and oxygen atoms in total. The first-order valence-electron chi connectivity index (χ1n) is 18.7. The molecule has 0 atom stereocenters. The van der Waals surface area contributed by atoms with Gasteiger partial charge in [-0.3, -0.25) is 43.8 Å². The van der Waals surface area contributed by atoms with E-state index in [-0.39, 0.29) is 95.3 Å². The highest BCUT2D eigenvalue weighted by Crippen LogP contribution is 2.36. The van der Waals surface area contributed by atoms with Gasteiger partial charge >= 0.3 is 0 Å². The monoisotopic (exact) mass is 803 g/mol. The van der Waals surface area contributed by atoms with Crippen LogP contribution in [0.2, 0.25) is 0 Å². The Bertz CT molecular complexity index is 2520. The van der Waals surface area contributed by atoms with Crippen LogP contribution in [-0.4, -0.2) is 114 Å². The van der Waals surface area contributed by atoms with Crippen molar-refractivity contribution in [1.82, 2.24) is 25.3 Å². The molecule has 1 fully saturated rings. The maximum absolute atomic E-state index is 14.1. The Morgan fingerprint density at radius 3 is 1.91 bits per heavy atom. The summed E-state index contributed by atoms with van der Waals surface area (Å²) in [6.07, 6.45) is 0. The first kappa shape index (κ1) is 39.7. The van der Waals surface area contributed by atoms with Crippen molar-refractivity contribution in [2.24, 2.45) is 0 Å². The third-order valence-corrected chi connectivity index (χ3v) is 10.8. The number of halogens is 1. The molecule has 5 aromatic carbocycles. The maximum atomic E-state index is 14.1. The number of rotatable bonds is 11. The minimum Gasteiger partial charge on any atom is -0.351 e. The number of nitrogens with one attached hydrogen (secondary N) is 2. The van der Waals surface area contributed by atoms with Gasteiger partial charge < -0.3 is 20.4 Å². The average Bonchev–Trinajstić information content (AvgIpc) is 3.23. The second-order valence-electron chi connectivity index (χ2n) is 14.1. The van der Waals surface area contributed by atoms with E-state index in [0.717, 1.165) is 22.9 Å². The number of hydrogen-bond donors (Lipinski definition) is 2. The van der Waals surface area contributed by atoms with Crippen LogP contribution in [0.3, 0.4) is 0 Å². The van der Waals surface area contributed by atoms with Crippen molar-refractivity contribution in [2.45, 2.75) is 6.92 Å². The Morgan fingerprint density at radius 1 is 0.690 bits per heavy atom. The minimum absolute atomic E-state index is 0. The second kappa shape index (κ2) is 16.1. The van der Waals surface area contributed by atoms with Crippen LogP contribution in [0.1, 0.15) is 69.1 Å². The van der Waals surface area contributed by atoms with E-state index < -0.39 is 22.6 Å². The van der Waals surface area contributed by atoms with Crippen LogP contribution >= 0.6 is 12.4 Å². The number of carbonyl (C=O) groups is 6. The molecule has 2 N–H and O–H groups in total. The fourth-order valence-corrected chi connectivity index (χ4v) is 7.84. The van der Waals surface area contributed by atoms with Gasteiger partial charge in [-0.05, 0) is 53.7 Å². The fraction of sp³-hybridized carbons (Fsp3) is 0.238. The summed E-state index contributed by atoms with van der Waals surface area (Å²) < 4.78 is 0. The molecule has 6 amide bonds. The smallest absolute Gasteiger partial charge is 0.270 e. The molecule has 58 heavy (non-hydrogen) atoms. The SMILES string of the molecule is CCN1CCN(C(=O)c2cc(C(=O)NCCNCCN3C(=O)c4cccc5cccc(c45)C3=O)cc(N3C(=O)c4cccc5cc([N+](=O)[O-])cc(c45)C3=O)c2)CC1.Cl. The zero-order valence-corrected chi connectivity index (χ0v) is 32.2. The molecule has 3 aliphatic heterocycles. The maximum Gasteiger partial charge on any atom is 0.270 e. The van der Waals surface area contributed by atoms with E-state index in [0.29, 0.717) is 48.1 Å². The molecule has 8 rings (SSSR count). The summed E-state index contributed by atoms with van der Waals surface area (Å²) in [5.41, 5.74) is 0.791. The van der Waals surface area contributed by atoms with Crippen LogP contribution in [0, 0.1) is 10.1 Å². The molecule has 0 aliphatic carbocycles. The topological polar surface area (TPSA) is 183 Å². The molecule has 3 heterocycles. The number of nitro groups is 1. The van der Waals surface area contributed by atoms with E-state index in [1.807, 2.05) is 19.1 Å². The van der Waals surface area contributed by atoms with Gasteiger partial charge in [-0.1, -0.05) is 43.3 Å². The molecule has 5 aromatic rings. The zero-order chi connectivity index (χ0) is 40.0. The number of imide groups is 2. The van der Waals surface area contributed by atoms with Crippen LogP contribution < -0.4 is 15.5 Å². The van der Waals surface area contributed by atoms with E-state index in [1.165, 1.54) is 35.2 Å². The standard InChI is InChI=1S/C42H37N7O8.ClH/c1-2-45-16-18-46(19-17-45)38(51)28-20-27(22-29(23-28)48-41(54)33-11-5-8-26-21-30(49(56)57)24-34(36(26)33)42(48)55)37(50)44-13-12-43-14-15-47-39(52)31-9-3-6-25-7-4-10-32(35(25)31)40(47)53;/h3-11,20-24,43H,2,12-19H2,1H3,(H,44,50);1H. The Morgan fingerprint density at radius 2 is 1.28 bits per heavy atom. The van der Waals surface area contributed by atoms with Crippen molar-refractivity contribution in [3.63, 3.8) is 0 Å². The number of likely N-dealkylation sites (N-methyl/N-ethyl adjacent to an activating group) is 1. The fourth-order valence-electron chi connectivity index (χ4n) is 7.84. The summed E-state index contributed by atoms with van der Waals surface area (Å²) in [6, 6.07) is 22.0. The third-order valence-electron chi connectivity index (χ3n) is 10.8. The summed E-state index contributed by atoms with van der Waals surface area (Å²) in [5, 5.41) is 19.8. The molecule has 0 unspecified atom stereocenters. The van der Waals surface area contributed by atoms with Crippen molar-refractivity contribution in [2.75, 3.05) is 63.8 Å². The van der Waals surface area contributed by atoms with Gasteiger partial charge in [0, 0.05) is 103 Å². The van der Waals surface area contributed by atoms with Gasteiger partial charge in [0.25, 0.3) is 41.1 Å². The highest BCUT2D eigenvalue weighted by atomic mass is 35.5. The summed E-state index contributed by atoms with van der Waals surface area (Å²) >= 11 is 0. The lowest BCUT2D eigenvalue weighted by atomic mass is 9.92. The molecular formula is C42H38ClN7O8. The number of nitrogens with zero attached hydrogens (tertiary/aromatic N) is 5. The van der Waals surface area contributed by atoms with Gasteiger partial charge in [-0.25, -0.2) is 4.90 Å². The second-order valence-corrected chi connectivity index (χ2v) is 14.1. The number of carbonyl (C=O) groups excluding carboxylic acids is 6. The Hall–Kier alpha value is -6.55. The van der Waals surface area contributed by atoms with E-state index in [2.05, 4.69) is 15.5 Å². The van der Waals surface area contributed by atoms with Crippen LogP contribution in [0.25, 0.3) is 21.5 Å². The normalized spacial score (nSPS) is 15.2. The van der Waals surface area contributed by atoms with Crippen LogP contribution in [0.15, 0.2) is 84.9 Å². The molecular weight excluding hydrogens is 766 g/mol. The quantitative estimate of drug-likeness (QED) is 0.0834. The van der Waals surface area contributed by atoms with Gasteiger partial charge in [-0.2, -0.15) is 0 Å². The van der Waals surface area contributed by atoms with Gasteiger partial charge in [0.05, 0.1) is 16.2 Å². The Balaban J connectivity index is 0.00000512. The van der Waals surface area contributed by atoms with Gasteiger partial charge in [0.1, 0.15) is 0 Å². The molecule has 16 heteroatoms. The van der Waals surface area contributed by atoms with E-state index in [1.54, 1.807) is 41.3 Å². The predicted molar refractivity (Wildman–Crippen MR) is 218 cm³/mol. The first-order valence-corrected chi connectivity index (χ1v) is 18.7. The van der Waals surface area contributed by atoms with Gasteiger partial charge in [0.2, 0.25) is 0 Å². The number of piperazine rings is 1. The van der Waals surface area contributed by atoms with Gasteiger partial charge in [0.15, 0.2) is 0 Å².